The number of benzene rings is 1. The average Bonchev–Trinajstić information content (AvgIpc) is 2.25. The van der Waals surface area contributed by atoms with Crippen LogP contribution in [0.1, 0.15) is 0 Å². The second-order valence-electron chi connectivity index (χ2n) is 3.43. The van der Waals surface area contributed by atoms with Gasteiger partial charge in [0.25, 0.3) is 0 Å². The molecule has 0 heterocycles. The topological polar surface area (TPSA) is 106 Å². The van der Waals surface area contributed by atoms with Crippen LogP contribution in [0.2, 0.25) is 0 Å². The standard InChI is InChI=1S/C9H14N2O4S2.ClH/c1-16(12,13)8-3-2-4-9(7-8)17(14,15)11-6-5-10;/h2-4,7,11H,5-6,10H2,1H3;1H. The third-order valence-electron chi connectivity index (χ3n) is 1.98. The Bertz CT molecular complexity index is 599. The molecule has 0 spiro atoms. The zero-order chi connectivity index (χ0) is 13.1. The van der Waals surface area contributed by atoms with Gasteiger partial charge in [-0.25, -0.2) is 21.6 Å². The number of nitrogens with one attached hydrogen (secondary N) is 1. The van der Waals surface area contributed by atoms with Gasteiger partial charge in [0.2, 0.25) is 10.0 Å². The molecule has 0 bridgehead atoms. The molecule has 6 nitrogen and oxygen atoms in total. The smallest absolute Gasteiger partial charge is 0.240 e. The van der Waals surface area contributed by atoms with Crippen LogP contribution in [0.3, 0.4) is 0 Å². The third-order valence-corrected chi connectivity index (χ3v) is 4.55. The maximum absolute atomic E-state index is 11.7. The number of rotatable bonds is 5. The van der Waals surface area contributed by atoms with Crippen molar-refractivity contribution in [3.8, 4) is 0 Å². The zero-order valence-corrected chi connectivity index (χ0v) is 12.1. The van der Waals surface area contributed by atoms with Crippen LogP contribution >= 0.6 is 12.4 Å². The molecular weight excluding hydrogens is 300 g/mol. The second-order valence-corrected chi connectivity index (χ2v) is 7.22. The first-order valence-corrected chi connectivity index (χ1v) is 8.15. The van der Waals surface area contributed by atoms with Gasteiger partial charge in [-0.05, 0) is 18.2 Å². The predicted octanol–water partition coefficient (Wildman–Crippen LogP) is -0.251. The van der Waals surface area contributed by atoms with Gasteiger partial charge in [0.1, 0.15) is 0 Å². The van der Waals surface area contributed by atoms with Crippen molar-refractivity contribution in [3.05, 3.63) is 24.3 Å². The first kappa shape index (κ1) is 17.3. The third kappa shape index (κ3) is 4.54. The summed E-state index contributed by atoms with van der Waals surface area (Å²) in [6.45, 7) is 0.274. The molecule has 0 aliphatic heterocycles. The van der Waals surface area contributed by atoms with Crippen LogP contribution in [0.25, 0.3) is 0 Å². The fourth-order valence-corrected chi connectivity index (χ4v) is 2.98. The summed E-state index contributed by atoms with van der Waals surface area (Å²) in [6.07, 6.45) is 1.02. The van der Waals surface area contributed by atoms with Crippen LogP contribution in [0.5, 0.6) is 0 Å². The lowest BCUT2D eigenvalue weighted by atomic mass is 10.4. The van der Waals surface area contributed by atoms with E-state index in [0.717, 1.165) is 12.3 Å². The normalized spacial score (nSPS) is 11.9. The molecule has 0 aliphatic rings. The van der Waals surface area contributed by atoms with Crippen molar-refractivity contribution >= 4 is 32.3 Å². The second kappa shape index (κ2) is 6.48. The number of nitrogens with two attached hydrogens (primary N) is 1. The first-order valence-electron chi connectivity index (χ1n) is 4.77. The zero-order valence-electron chi connectivity index (χ0n) is 9.66. The maximum atomic E-state index is 11.7. The number of sulfone groups is 1. The van der Waals surface area contributed by atoms with E-state index in [1.54, 1.807) is 0 Å². The van der Waals surface area contributed by atoms with E-state index in [1.807, 2.05) is 0 Å². The Labute approximate surface area is 113 Å². The molecule has 0 radical (unpaired) electrons. The van der Waals surface area contributed by atoms with Crippen LogP contribution in [0.15, 0.2) is 34.1 Å². The predicted molar refractivity (Wildman–Crippen MR) is 71.0 cm³/mol. The molecule has 0 saturated carbocycles. The molecule has 0 aromatic heterocycles. The molecule has 0 atom stereocenters. The van der Waals surface area contributed by atoms with Crippen molar-refractivity contribution < 1.29 is 16.8 Å². The van der Waals surface area contributed by atoms with Crippen molar-refractivity contribution in [1.82, 2.24) is 4.72 Å². The lowest BCUT2D eigenvalue weighted by Crippen LogP contribution is -2.29. The quantitative estimate of drug-likeness (QED) is 0.779. The molecule has 104 valence electrons. The van der Waals surface area contributed by atoms with Gasteiger partial charge in [-0.15, -0.1) is 12.4 Å². The Morgan fingerprint density at radius 1 is 1.17 bits per heavy atom. The molecule has 0 saturated heterocycles. The fraction of sp³-hybridized carbons (Fsp3) is 0.333. The number of hydrogen-bond acceptors (Lipinski definition) is 5. The van der Waals surface area contributed by atoms with Gasteiger partial charge in [0.05, 0.1) is 9.79 Å². The summed E-state index contributed by atoms with van der Waals surface area (Å²) in [4.78, 5) is -0.123. The van der Waals surface area contributed by atoms with E-state index < -0.39 is 19.9 Å². The van der Waals surface area contributed by atoms with Crippen LogP contribution in [0.4, 0.5) is 0 Å². The largest absolute Gasteiger partial charge is 0.329 e. The Morgan fingerprint density at radius 3 is 2.22 bits per heavy atom. The monoisotopic (exact) mass is 314 g/mol. The van der Waals surface area contributed by atoms with Gasteiger partial charge < -0.3 is 5.73 Å². The minimum atomic E-state index is -3.70. The highest BCUT2D eigenvalue weighted by molar-refractivity contribution is 7.91. The molecular formula is C9H15ClN2O4S2. The molecule has 1 aromatic carbocycles. The van der Waals surface area contributed by atoms with Gasteiger partial charge >= 0.3 is 0 Å². The van der Waals surface area contributed by atoms with E-state index in [2.05, 4.69) is 4.72 Å². The van der Waals surface area contributed by atoms with Gasteiger partial charge in [-0.2, -0.15) is 0 Å². The average molecular weight is 315 g/mol. The summed E-state index contributed by atoms with van der Waals surface area (Å²) in [6, 6.07) is 5.17. The lowest BCUT2D eigenvalue weighted by molar-refractivity contribution is 0.582. The minimum absolute atomic E-state index is 0. The molecule has 1 rings (SSSR count). The summed E-state index contributed by atoms with van der Waals surface area (Å²) >= 11 is 0. The van der Waals surface area contributed by atoms with Gasteiger partial charge in [0, 0.05) is 19.3 Å². The van der Waals surface area contributed by atoms with Crippen LogP contribution in [-0.4, -0.2) is 36.2 Å². The van der Waals surface area contributed by atoms with E-state index in [0.29, 0.717) is 0 Å². The highest BCUT2D eigenvalue weighted by Gasteiger charge is 2.16. The number of hydrogen-bond donors (Lipinski definition) is 2. The summed E-state index contributed by atoms with van der Waals surface area (Å²) in [5.41, 5.74) is 5.19. The van der Waals surface area contributed by atoms with Crippen LogP contribution in [-0.2, 0) is 19.9 Å². The van der Waals surface area contributed by atoms with Crippen LogP contribution in [0, 0.1) is 0 Å². The van der Waals surface area contributed by atoms with Crippen molar-refractivity contribution in [3.63, 3.8) is 0 Å². The van der Waals surface area contributed by atoms with E-state index >= 15 is 0 Å². The summed E-state index contributed by atoms with van der Waals surface area (Å²) in [7, 11) is -7.12. The summed E-state index contributed by atoms with van der Waals surface area (Å²) in [5.74, 6) is 0. The van der Waals surface area contributed by atoms with E-state index in [1.165, 1.54) is 18.2 Å². The lowest BCUT2D eigenvalue weighted by Gasteiger charge is -2.06. The summed E-state index contributed by atoms with van der Waals surface area (Å²) < 4.78 is 48.3. The highest BCUT2D eigenvalue weighted by Crippen LogP contribution is 2.15. The Morgan fingerprint density at radius 2 is 1.72 bits per heavy atom. The van der Waals surface area contributed by atoms with Gasteiger partial charge in [-0.1, -0.05) is 6.07 Å². The SMILES string of the molecule is CS(=O)(=O)c1cccc(S(=O)(=O)NCCN)c1.Cl. The van der Waals surface area contributed by atoms with Gasteiger partial charge in [0.15, 0.2) is 9.84 Å². The van der Waals surface area contributed by atoms with Crippen LogP contribution < -0.4 is 10.5 Å². The summed E-state index contributed by atoms with van der Waals surface area (Å²) in [5, 5.41) is 0. The molecule has 0 aliphatic carbocycles. The van der Waals surface area contributed by atoms with Crippen molar-refractivity contribution in [2.75, 3.05) is 19.3 Å². The van der Waals surface area contributed by atoms with Crippen molar-refractivity contribution in [2.45, 2.75) is 9.79 Å². The molecule has 0 amide bonds. The molecule has 0 unspecified atom stereocenters. The fourth-order valence-electron chi connectivity index (χ4n) is 1.15. The van der Waals surface area contributed by atoms with E-state index in [4.69, 9.17) is 5.73 Å². The molecule has 9 heteroatoms. The van der Waals surface area contributed by atoms with Crippen molar-refractivity contribution in [2.24, 2.45) is 5.73 Å². The Kier molecular flexibility index (Phi) is 6.24. The molecule has 0 fully saturated rings. The molecule has 3 N–H and O–H groups in total. The number of sulfonamides is 1. The Balaban J connectivity index is 0.00000289. The minimum Gasteiger partial charge on any atom is -0.329 e. The highest BCUT2D eigenvalue weighted by atomic mass is 35.5. The van der Waals surface area contributed by atoms with Crippen molar-refractivity contribution in [1.29, 1.82) is 0 Å². The molecule has 1 aromatic rings. The van der Waals surface area contributed by atoms with Gasteiger partial charge in [-0.3, -0.25) is 0 Å². The molecule has 18 heavy (non-hydrogen) atoms. The van der Waals surface area contributed by atoms with E-state index in [-0.39, 0.29) is 35.3 Å². The first-order chi connectivity index (χ1) is 7.77. The maximum Gasteiger partial charge on any atom is 0.240 e. The Hall–Kier alpha value is -0.670. The number of halogens is 1. The van der Waals surface area contributed by atoms with E-state index in [9.17, 15) is 16.8 Å².